The van der Waals surface area contributed by atoms with Gasteiger partial charge in [0.25, 0.3) is 0 Å². The van der Waals surface area contributed by atoms with Crippen LogP contribution in [0.4, 0.5) is 0 Å². The predicted octanol–water partition coefficient (Wildman–Crippen LogP) is 3.79. The molecule has 1 unspecified atom stereocenters. The molecule has 0 aliphatic heterocycles. The normalized spacial score (nSPS) is 14.1. The maximum absolute atomic E-state index is 12.1. The van der Waals surface area contributed by atoms with Crippen molar-refractivity contribution in [1.29, 1.82) is 0 Å². The van der Waals surface area contributed by atoms with E-state index in [9.17, 15) is 13.9 Å². The second kappa shape index (κ2) is 9.21. The van der Waals surface area contributed by atoms with E-state index in [1.165, 1.54) is 0 Å². The van der Waals surface area contributed by atoms with Gasteiger partial charge in [-0.2, -0.15) is 0 Å². The van der Waals surface area contributed by atoms with E-state index in [0.29, 0.717) is 0 Å². The predicted molar refractivity (Wildman–Crippen MR) is 73.8 cm³/mol. The van der Waals surface area contributed by atoms with E-state index in [2.05, 4.69) is 18.3 Å². The standard InChI is InChI=1S/C7H10Cl3NO7P2/c1-15-19(13,16-2)7(6(9)10)18-20(14,11-5-12)17-4-3-8/h3-4H2,1-2H3. The van der Waals surface area contributed by atoms with Gasteiger partial charge in [-0.3, -0.25) is 9.09 Å². The topological polar surface area (TPSA) is 100 Å². The Morgan fingerprint density at radius 2 is 1.80 bits per heavy atom. The monoisotopic (exact) mass is 387 g/mol. The zero-order valence-corrected chi connectivity index (χ0v) is 14.3. The summed E-state index contributed by atoms with van der Waals surface area (Å²) in [6.45, 7) is -0.276. The van der Waals surface area contributed by atoms with Crippen LogP contribution in [0.3, 0.4) is 0 Å². The molecule has 0 heterocycles. The molecule has 1 atom stereocenters. The smallest absolute Gasteiger partial charge is 0.396 e. The maximum atomic E-state index is 12.1. The van der Waals surface area contributed by atoms with Crippen molar-refractivity contribution in [2.45, 2.75) is 0 Å². The van der Waals surface area contributed by atoms with Crippen LogP contribution in [0, 0.1) is 0 Å². The molecule has 0 radical (unpaired) electrons. The van der Waals surface area contributed by atoms with Crippen LogP contribution in [0.1, 0.15) is 0 Å². The van der Waals surface area contributed by atoms with Gasteiger partial charge in [-0.25, -0.2) is 9.36 Å². The first-order chi connectivity index (χ1) is 9.28. The van der Waals surface area contributed by atoms with Crippen molar-refractivity contribution in [3.05, 3.63) is 9.99 Å². The Morgan fingerprint density at radius 1 is 1.25 bits per heavy atom. The maximum Gasteiger partial charge on any atom is 0.518 e. The molecule has 0 aromatic carbocycles. The fourth-order valence-electron chi connectivity index (χ4n) is 0.813. The SMILES string of the molecule is COP(=O)(OC)C(OP(=O)(N=C=O)OCCCl)=C(Cl)Cl. The molecule has 0 aromatic rings. The van der Waals surface area contributed by atoms with E-state index in [4.69, 9.17) is 39.3 Å². The minimum atomic E-state index is -4.41. The molecule has 0 amide bonds. The summed E-state index contributed by atoms with van der Waals surface area (Å²) in [5, 5.41) is 0. The van der Waals surface area contributed by atoms with Crippen LogP contribution >= 0.6 is 50.1 Å². The first kappa shape index (κ1) is 20.1. The highest BCUT2D eigenvalue weighted by molar-refractivity contribution is 7.60. The fourth-order valence-corrected chi connectivity index (χ4v) is 4.08. The lowest BCUT2D eigenvalue weighted by atomic mass is 10.9. The molecule has 116 valence electrons. The van der Waals surface area contributed by atoms with Crippen LogP contribution in [0.15, 0.2) is 14.8 Å². The Kier molecular flexibility index (Phi) is 9.27. The summed E-state index contributed by atoms with van der Waals surface area (Å²) < 4.78 is 44.9. The van der Waals surface area contributed by atoms with Gasteiger partial charge in [0.05, 0.1) is 6.61 Å². The highest BCUT2D eigenvalue weighted by Gasteiger charge is 2.40. The molecular formula is C7H10Cl3NO7P2. The number of hydrogen-bond acceptors (Lipinski definition) is 7. The summed E-state index contributed by atoms with van der Waals surface area (Å²) in [6, 6.07) is 0. The largest absolute Gasteiger partial charge is 0.518 e. The number of alkyl halides is 1. The molecule has 20 heavy (non-hydrogen) atoms. The fraction of sp³-hybridized carbons (Fsp3) is 0.571. The molecule has 0 N–H and O–H groups in total. The third-order valence-corrected chi connectivity index (χ3v) is 5.52. The van der Waals surface area contributed by atoms with Crippen LogP contribution in [-0.4, -0.2) is 32.8 Å². The number of rotatable bonds is 9. The van der Waals surface area contributed by atoms with Crippen molar-refractivity contribution in [2.75, 3.05) is 26.7 Å². The number of hydrogen-bond donors (Lipinski definition) is 0. The van der Waals surface area contributed by atoms with E-state index >= 15 is 0 Å². The first-order valence-corrected chi connectivity index (χ1v) is 8.98. The van der Waals surface area contributed by atoms with Crippen molar-refractivity contribution in [1.82, 2.24) is 0 Å². The van der Waals surface area contributed by atoms with Gasteiger partial charge in [0, 0.05) is 20.1 Å². The summed E-state index contributed by atoms with van der Waals surface area (Å²) in [7, 11) is -6.47. The zero-order valence-electron chi connectivity index (χ0n) is 10.2. The van der Waals surface area contributed by atoms with Crippen molar-refractivity contribution in [3.63, 3.8) is 0 Å². The van der Waals surface area contributed by atoms with Crippen LogP contribution in [0.25, 0.3) is 0 Å². The highest BCUT2D eigenvalue weighted by Crippen LogP contribution is 2.64. The number of nitrogens with zero attached hydrogens (tertiary/aromatic N) is 1. The summed E-state index contributed by atoms with van der Waals surface area (Å²) in [5.74, 6) is -0.0679. The molecule has 0 saturated heterocycles. The van der Waals surface area contributed by atoms with Gasteiger partial charge in [0.1, 0.15) is 0 Å². The van der Waals surface area contributed by atoms with E-state index < -0.39 is 25.3 Å². The zero-order chi connectivity index (χ0) is 15.8. The Balaban J connectivity index is 5.57. The molecule has 0 aromatic heterocycles. The summed E-state index contributed by atoms with van der Waals surface area (Å²) in [5.41, 5.74) is -0.817. The van der Waals surface area contributed by atoms with Crippen molar-refractivity contribution in [3.8, 4) is 0 Å². The van der Waals surface area contributed by atoms with Gasteiger partial charge < -0.3 is 13.6 Å². The van der Waals surface area contributed by atoms with Crippen molar-refractivity contribution < 1.29 is 32.0 Å². The third-order valence-electron chi connectivity index (χ3n) is 1.59. The van der Waals surface area contributed by atoms with Crippen LogP contribution in [-0.2, 0) is 32.0 Å². The molecule has 0 fully saturated rings. The Hall–Kier alpha value is 0.130. The lowest BCUT2D eigenvalue weighted by Gasteiger charge is -2.20. The molecule has 0 rings (SSSR count). The summed E-state index contributed by atoms with van der Waals surface area (Å²) >= 11 is 16.3. The second-order valence-corrected chi connectivity index (χ2v) is 7.74. The van der Waals surface area contributed by atoms with Gasteiger partial charge >= 0.3 is 15.3 Å². The lowest BCUT2D eigenvalue weighted by molar-refractivity contribution is 0.233. The van der Waals surface area contributed by atoms with Crippen LogP contribution in [0.2, 0.25) is 0 Å². The molecule has 0 bridgehead atoms. The van der Waals surface area contributed by atoms with E-state index in [0.717, 1.165) is 20.3 Å². The minimum absolute atomic E-state index is 0.0679. The minimum Gasteiger partial charge on any atom is -0.396 e. The molecule has 0 saturated carbocycles. The number of isocyanates is 1. The quantitative estimate of drug-likeness (QED) is 0.195. The van der Waals surface area contributed by atoms with Gasteiger partial charge in [0.15, 0.2) is 4.49 Å². The van der Waals surface area contributed by atoms with E-state index in [1.807, 2.05) is 0 Å². The molecule has 8 nitrogen and oxygen atoms in total. The van der Waals surface area contributed by atoms with Gasteiger partial charge in [-0.1, -0.05) is 28.0 Å². The van der Waals surface area contributed by atoms with E-state index in [1.54, 1.807) is 0 Å². The lowest BCUT2D eigenvalue weighted by Crippen LogP contribution is -2.01. The van der Waals surface area contributed by atoms with Gasteiger partial charge in [-0.15, -0.1) is 11.6 Å². The summed E-state index contributed by atoms with van der Waals surface area (Å²) in [6.07, 6.45) is 0.988. The third kappa shape index (κ3) is 5.86. The van der Waals surface area contributed by atoms with Crippen LogP contribution in [0.5, 0.6) is 0 Å². The van der Waals surface area contributed by atoms with E-state index in [-0.39, 0.29) is 12.5 Å². The Bertz CT molecular complexity index is 493. The van der Waals surface area contributed by atoms with Crippen LogP contribution < -0.4 is 0 Å². The average Bonchev–Trinajstić information content (AvgIpc) is 2.42. The molecule has 0 aliphatic rings. The van der Waals surface area contributed by atoms with Crippen molar-refractivity contribution in [2.24, 2.45) is 4.76 Å². The summed E-state index contributed by atoms with van der Waals surface area (Å²) in [4.78, 5) is 10.3. The first-order valence-electron chi connectivity index (χ1n) is 4.65. The number of halogens is 3. The number of carbonyl (C=O) groups excluding carboxylic acids is 1. The highest BCUT2D eigenvalue weighted by atomic mass is 35.5. The Morgan fingerprint density at radius 3 is 2.15 bits per heavy atom. The second-order valence-electron chi connectivity index (χ2n) is 2.70. The molecule has 0 aliphatic carbocycles. The molecular weight excluding hydrogens is 378 g/mol. The average molecular weight is 388 g/mol. The molecule has 13 heteroatoms. The van der Waals surface area contributed by atoms with Crippen molar-refractivity contribution >= 4 is 56.2 Å². The molecule has 0 spiro atoms. The Labute approximate surface area is 130 Å². The van der Waals surface area contributed by atoms with Gasteiger partial charge in [-0.05, 0) is 0 Å². The van der Waals surface area contributed by atoms with Gasteiger partial charge in [0.2, 0.25) is 11.6 Å².